The van der Waals surface area contributed by atoms with Gasteiger partial charge in [-0.1, -0.05) is 46.4 Å². The summed E-state index contributed by atoms with van der Waals surface area (Å²) in [7, 11) is 0. The van der Waals surface area contributed by atoms with Crippen LogP contribution in [-0.4, -0.2) is 4.98 Å². The van der Waals surface area contributed by atoms with Crippen molar-refractivity contribution < 1.29 is 0 Å². The van der Waals surface area contributed by atoms with Gasteiger partial charge in [0.15, 0.2) is 0 Å². The summed E-state index contributed by atoms with van der Waals surface area (Å²) >= 11 is 23.8. The second-order valence-corrected chi connectivity index (χ2v) is 4.75. The molecule has 0 fully saturated rings. The largest absolute Gasteiger partial charge is 0.245 e. The van der Waals surface area contributed by atoms with Gasteiger partial charge in [0.05, 0.1) is 10.0 Å². The first-order valence-electron chi connectivity index (χ1n) is 4.34. The van der Waals surface area contributed by atoms with Crippen LogP contribution in [0.5, 0.6) is 0 Å². The Morgan fingerprint density at radius 2 is 1.50 bits per heavy atom. The van der Waals surface area contributed by atoms with E-state index < -0.39 is 0 Å². The molecule has 5 heteroatoms. The molecule has 82 valence electrons. The Bertz CT molecular complexity index is 516. The Kier molecular flexibility index (Phi) is 3.60. The van der Waals surface area contributed by atoms with Gasteiger partial charge in [0.2, 0.25) is 0 Å². The highest BCUT2D eigenvalue weighted by atomic mass is 35.5. The standard InChI is InChI=1S/C11H5Cl4N/c12-7-4-8(13)11(9(14)5-7)6-1-2-16-10(15)3-6/h1-5H. The minimum atomic E-state index is 0.389. The molecule has 2 aromatic rings. The molecule has 0 atom stereocenters. The summed E-state index contributed by atoms with van der Waals surface area (Å²) in [5.41, 5.74) is 1.52. The molecular weight excluding hydrogens is 288 g/mol. The minimum absolute atomic E-state index is 0.389. The highest BCUT2D eigenvalue weighted by Crippen LogP contribution is 2.37. The Hall–Kier alpha value is -0.470. The fraction of sp³-hybridized carbons (Fsp3) is 0. The average molecular weight is 293 g/mol. The van der Waals surface area contributed by atoms with Crippen LogP contribution in [0.3, 0.4) is 0 Å². The lowest BCUT2D eigenvalue weighted by atomic mass is 10.1. The van der Waals surface area contributed by atoms with Crippen LogP contribution >= 0.6 is 46.4 Å². The quantitative estimate of drug-likeness (QED) is 0.645. The van der Waals surface area contributed by atoms with Crippen LogP contribution in [0.2, 0.25) is 20.2 Å². The van der Waals surface area contributed by atoms with Crippen molar-refractivity contribution >= 4 is 46.4 Å². The van der Waals surface area contributed by atoms with Crippen LogP contribution in [0.1, 0.15) is 0 Å². The van der Waals surface area contributed by atoms with E-state index in [1.165, 1.54) is 0 Å². The summed E-state index contributed by atoms with van der Waals surface area (Å²) in [4.78, 5) is 3.90. The second kappa shape index (κ2) is 4.80. The first-order valence-corrected chi connectivity index (χ1v) is 5.85. The summed E-state index contributed by atoms with van der Waals surface area (Å²) in [6.45, 7) is 0. The first kappa shape index (κ1) is 12.0. The molecule has 0 saturated heterocycles. The molecule has 0 aliphatic carbocycles. The van der Waals surface area contributed by atoms with Gasteiger partial charge in [-0.3, -0.25) is 0 Å². The molecule has 0 spiro atoms. The minimum Gasteiger partial charge on any atom is -0.245 e. The Labute approximate surface area is 113 Å². The van der Waals surface area contributed by atoms with E-state index in [9.17, 15) is 0 Å². The Morgan fingerprint density at radius 1 is 0.875 bits per heavy atom. The maximum atomic E-state index is 6.09. The maximum Gasteiger partial charge on any atom is 0.129 e. The summed E-state index contributed by atoms with van der Waals surface area (Å²) in [5, 5.41) is 1.86. The molecular formula is C11H5Cl4N. The van der Waals surface area contributed by atoms with Crippen molar-refractivity contribution in [3.8, 4) is 11.1 Å². The van der Waals surface area contributed by atoms with Gasteiger partial charge in [-0.05, 0) is 29.8 Å². The van der Waals surface area contributed by atoms with Crippen LogP contribution < -0.4 is 0 Å². The van der Waals surface area contributed by atoms with Crippen molar-refractivity contribution in [2.24, 2.45) is 0 Å². The van der Waals surface area contributed by atoms with E-state index in [1.807, 2.05) is 0 Å². The maximum absolute atomic E-state index is 6.09. The second-order valence-electron chi connectivity index (χ2n) is 3.11. The van der Waals surface area contributed by atoms with Crippen molar-refractivity contribution in [2.45, 2.75) is 0 Å². The molecule has 0 radical (unpaired) electrons. The number of hydrogen-bond donors (Lipinski definition) is 0. The average Bonchev–Trinajstić information content (AvgIpc) is 2.15. The molecule has 0 unspecified atom stereocenters. The van der Waals surface area contributed by atoms with Crippen molar-refractivity contribution in [2.75, 3.05) is 0 Å². The monoisotopic (exact) mass is 291 g/mol. The molecule has 1 heterocycles. The molecule has 0 bridgehead atoms. The lowest BCUT2D eigenvalue weighted by Gasteiger charge is -2.07. The van der Waals surface area contributed by atoms with Gasteiger partial charge in [-0.15, -0.1) is 0 Å². The van der Waals surface area contributed by atoms with E-state index >= 15 is 0 Å². The molecule has 1 aromatic carbocycles. The van der Waals surface area contributed by atoms with E-state index in [0.717, 1.165) is 5.56 Å². The number of benzene rings is 1. The van der Waals surface area contributed by atoms with Crippen LogP contribution in [-0.2, 0) is 0 Å². The highest BCUT2D eigenvalue weighted by molar-refractivity contribution is 6.42. The van der Waals surface area contributed by atoms with Crippen molar-refractivity contribution in [3.63, 3.8) is 0 Å². The van der Waals surface area contributed by atoms with Gasteiger partial charge in [-0.2, -0.15) is 0 Å². The fourth-order valence-corrected chi connectivity index (χ4v) is 2.59. The Morgan fingerprint density at radius 3 is 2.06 bits per heavy atom. The molecule has 0 saturated carbocycles. The van der Waals surface area contributed by atoms with Gasteiger partial charge >= 0.3 is 0 Å². The Balaban J connectivity index is 2.64. The zero-order valence-corrected chi connectivity index (χ0v) is 10.9. The third kappa shape index (κ3) is 2.44. The lowest BCUT2D eigenvalue weighted by Crippen LogP contribution is -1.84. The molecule has 2 rings (SSSR count). The summed E-state index contributed by atoms with van der Waals surface area (Å²) in [6, 6.07) is 6.76. The number of halogens is 4. The molecule has 1 aromatic heterocycles. The lowest BCUT2D eigenvalue weighted by molar-refractivity contribution is 1.33. The number of rotatable bonds is 1. The van der Waals surface area contributed by atoms with Crippen LogP contribution in [0.15, 0.2) is 30.5 Å². The summed E-state index contributed by atoms with van der Waals surface area (Å²) in [6.07, 6.45) is 1.60. The van der Waals surface area contributed by atoms with Gasteiger partial charge in [0.25, 0.3) is 0 Å². The van der Waals surface area contributed by atoms with E-state index in [1.54, 1.807) is 30.5 Å². The van der Waals surface area contributed by atoms with Gasteiger partial charge < -0.3 is 0 Å². The molecule has 16 heavy (non-hydrogen) atoms. The number of pyridine rings is 1. The third-order valence-corrected chi connectivity index (χ3v) is 3.04. The molecule has 0 aliphatic heterocycles. The van der Waals surface area contributed by atoms with E-state index in [4.69, 9.17) is 46.4 Å². The number of nitrogens with zero attached hydrogens (tertiary/aromatic N) is 1. The molecule has 0 aliphatic rings. The van der Waals surface area contributed by atoms with Gasteiger partial charge in [0.1, 0.15) is 5.15 Å². The van der Waals surface area contributed by atoms with E-state index in [0.29, 0.717) is 25.8 Å². The summed E-state index contributed by atoms with van der Waals surface area (Å²) in [5.74, 6) is 0. The van der Waals surface area contributed by atoms with Crippen LogP contribution in [0, 0.1) is 0 Å². The summed E-state index contributed by atoms with van der Waals surface area (Å²) < 4.78 is 0. The van der Waals surface area contributed by atoms with E-state index in [2.05, 4.69) is 4.98 Å². The topological polar surface area (TPSA) is 12.9 Å². The smallest absolute Gasteiger partial charge is 0.129 e. The van der Waals surface area contributed by atoms with Gasteiger partial charge in [0, 0.05) is 16.8 Å². The zero-order valence-electron chi connectivity index (χ0n) is 7.85. The van der Waals surface area contributed by atoms with Crippen molar-refractivity contribution in [1.82, 2.24) is 4.98 Å². The molecule has 0 N–H and O–H groups in total. The normalized spacial score (nSPS) is 10.5. The number of hydrogen-bond acceptors (Lipinski definition) is 1. The first-order chi connectivity index (χ1) is 7.58. The molecule has 1 nitrogen and oxygen atoms in total. The zero-order chi connectivity index (χ0) is 11.7. The van der Waals surface area contributed by atoms with E-state index in [-0.39, 0.29) is 0 Å². The molecule has 0 amide bonds. The van der Waals surface area contributed by atoms with Crippen molar-refractivity contribution in [3.05, 3.63) is 50.7 Å². The van der Waals surface area contributed by atoms with Crippen LogP contribution in [0.25, 0.3) is 11.1 Å². The number of aromatic nitrogens is 1. The predicted octanol–water partition coefficient (Wildman–Crippen LogP) is 5.36. The predicted molar refractivity (Wildman–Crippen MR) is 69.7 cm³/mol. The highest BCUT2D eigenvalue weighted by Gasteiger charge is 2.10. The van der Waals surface area contributed by atoms with Crippen LogP contribution in [0.4, 0.5) is 0 Å². The third-order valence-electron chi connectivity index (χ3n) is 2.02. The van der Waals surface area contributed by atoms with Crippen molar-refractivity contribution in [1.29, 1.82) is 0 Å². The van der Waals surface area contributed by atoms with Gasteiger partial charge in [-0.25, -0.2) is 4.98 Å². The SMILES string of the molecule is Clc1cc(Cl)c(-c2ccnc(Cl)c2)c(Cl)c1. The fourth-order valence-electron chi connectivity index (χ4n) is 1.38.